The average molecular weight is 499 g/mol. The molecule has 0 aliphatic carbocycles. The lowest BCUT2D eigenvalue weighted by Gasteiger charge is -2.22. The zero-order chi connectivity index (χ0) is 23.3. The van der Waals surface area contributed by atoms with Crippen LogP contribution in [0.2, 0.25) is 0 Å². The molecule has 0 spiro atoms. The second-order valence-electron chi connectivity index (χ2n) is 7.15. The highest BCUT2D eigenvalue weighted by atomic mass is 32.2. The van der Waals surface area contributed by atoms with Crippen LogP contribution in [-0.4, -0.2) is 26.3 Å². The number of methoxy groups -OCH3 is 1. The fraction of sp³-hybridized carbons (Fsp3) is 0.125. The van der Waals surface area contributed by atoms with Gasteiger partial charge in [0.05, 0.1) is 30.8 Å². The second kappa shape index (κ2) is 10.2. The Kier molecular flexibility index (Phi) is 7.12. The Labute approximate surface area is 201 Å². The monoisotopic (exact) mass is 498 g/mol. The third-order valence-corrected chi connectivity index (χ3v) is 8.01. The number of para-hydroxylation sites is 2. The van der Waals surface area contributed by atoms with E-state index in [9.17, 15) is 13.2 Å². The number of amides is 1. The van der Waals surface area contributed by atoms with E-state index in [4.69, 9.17) is 4.74 Å². The smallest absolute Gasteiger partial charge is 0.262 e. The molecular formula is C24H22N2O4S3. The normalized spacial score (nSPS) is 11.2. The lowest BCUT2D eigenvalue weighted by Crippen LogP contribution is -2.29. The van der Waals surface area contributed by atoms with Crippen molar-refractivity contribution in [2.24, 2.45) is 0 Å². The second-order valence-corrected chi connectivity index (χ2v) is 10.9. The maximum absolute atomic E-state index is 13.3. The summed E-state index contributed by atoms with van der Waals surface area (Å²) >= 11 is 3.20. The molecule has 6 nitrogen and oxygen atoms in total. The molecule has 4 rings (SSSR count). The Hall–Kier alpha value is -3.14. The number of rotatable bonds is 9. The van der Waals surface area contributed by atoms with Gasteiger partial charge in [0.2, 0.25) is 0 Å². The zero-order valence-electron chi connectivity index (χ0n) is 17.8. The van der Waals surface area contributed by atoms with Crippen molar-refractivity contribution in [1.29, 1.82) is 0 Å². The average Bonchev–Trinajstić information content (AvgIpc) is 3.53. The molecule has 33 heavy (non-hydrogen) atoms. The molecule has 0 atom stereocenters. The minimum Gasteiger partial charge on any atom is -0.495 e. The topological polar surface area (TPSA) is 75.7 Å². The number of sulfonamides is 1. The predicted octanol–water partition coefficient (Wildman–Crippen LogP) is 5.46. The summed E-state index contributed by atoms with van der Waals surface area (Å²) in [5.41, 5.74) is 0.776. The van der Waals surface area contributed by atoms with Crippen molar-refractivity contribution in [3.8, 4) is 5.75 Å². The fourth-order valence-corrected chi connectivity index (χ4v) is 5.78. The fourth-order valence-electron chi connectivity index (χ4n) is 3.27. The van der Waals surface area contributed by atoms with Gasteiger partial charge in [-0.3, -0.25) is 9.52 Å². The molecule has 170 valence electrons. The summed E-state index contributed by atoms with van der Waals surface area (Å²) in [6.45, 7) is 0.980. The van der Waals surface area contributed by atoms with E-state index in [0.29, 0.717) is 30.1 Å². The molecule has 2 aromatic heterocycles. The van der Waals surface area contributed by atoms with Gasteiger partial charge in [-0.05, 0) is 59.3 Å². The van der Waals surface area contributed by atoms with Crippen LogP contribution in [0, 0.1) is 0 Å². The lowest BCUT2D eigenvalue weighted by atomic mass is 10.2. The number of anilines is 1. The Bertz CT molecular complexity index is 1260. The molecule has 0 saturated heterocycles. The Morgan fingerprint density at radius 1 is 0.879 bits per heavy atom. The number of hydrogen-bond acceptors (Lipinski definition) is 6. The number of nitrogens with zero attached hydrogens (tertiary/aromatic N) is 1. The van der Waals surface area contributed by atoms with Crippen molar-refractivity contribution in [2.45, 2.75) is 18.0 Å². The van der Waals surface area contributed by atoms with Crippen molar-refractivity contribution in [1.82, 2.24) is 4.90 Å². The molecule has 0 fully saturated rings. The molecule has 0 unspecified atom stereocenters. The van der Waals surface area contributed by atoms with Crippen LogP contribution < -0.4 is 9.46 Å². The maximum atomic E-state index is 13.3. The van der Waals surface area contributed by atoms with Crippen LogP contribution in [0.25, 0.3) is 0 Å². The van der Waals surface area contributed by atoms with Gasteiger partial charge in [-0.25, -0.2) is 8.42 Å². The molecule has 0 saturated carbocycles. The number of carbonyl (C=O) groups excluding carboxylic acids is 1. The van der Waals surface area contributed by atoms with Crippen molar-refractivity contribution in [3.05, 3.63) is 98.9 Å². The predicted molar refractivity (Wildman–Crippen MR) is 132 cm³/mol. The third kappa shape index (κ3) is 5.62. The summed E-state index contributed by atoms with van der Waals surface area (Å²) in [4.78, 5) is 17.3. The number of hydrogen-bond donors (Lipinski definition) is 1. The van der Waals surface area contributed by atoms with E-state index in [1.54, 1.807) is 64.0 Å². The van der Waals surface area contributed by atoms with E-state index in [1.807, 2.05) is 35.0 Å². The summed E-state index contributed by atoms with van der Waals surface area (Å²) < 4.78 is 33.5. The zero-order valence-corrected chi connectivity index (χ0v) is 20.3. The van der Waals surface area contributed by atoms with Crippen LogP contribution in [0.15, 0.2) is 88.5 Å². The van der Waals surface area contributed by atoms with E-state index >= 15 is 0 Å². The summed E-state index contributed by atoms with van der Waals surface area (Å²) in [7, 11) is -2.36. The van der Waals surface area contributed by atoms with E-state index in [-0.39, 0.29) is 10.8 Å². The third-order valence-electron chi connectivity index (χ3n) is 4.90. The molecule has 0 aliphatic heterocycles. The molecular weight excluding hydrogens is 476 g/mol. The molecule has 9 heteroatoms. The molecule has 2 aromatic carbocycles. The number of carbonyl (C=O) groups is 1. The summed E-state index contributed by atoms with van der Waals surface area (Å²) in [5.74, 6) is 0.268. The van der Waals surface area contributed by atoms with Gasteiger partial charge in [-0.1, -0.05) is 24.3 Å². The van der Waals surface area contributed by atoms with Gasteiger partial charge in [0.1, 0.15) is 5.75 Å². The first-order valence-corrected chi connectivity index (χ1v) is 13.3. The van der Waals surface area contributed by atoms with Gasteiger partial charge >= 0.3 is 0 Å². The Morgan fingerprint density at radius 3 is 2.03 bits per heavy atom. The van der Waals surface area contributed by atoms with Gasteiger partial charge in [0.25, 0.3) is 15.9 Å². The standard InChI is InChI=1S/C24H22N2O4S3/c1-30-23-9-3-2-8-22(23)25-33(28,29)21-12-10-18(11-13-21)24(27)26(16-19-6-4-14-31-19)17-20-7-5-15-32-20/h2-15,25H,16-17H2,1H3. The summed E-state index contributed by atoms with van der Waals surface area (Å²) in [5, 5.41) is 3.97. The van der Waals surface area contributed by atoms with Gasteiger partial charge in [-0.15, -0.1) is 22.7 Å². The van der Waals surface area contributed by atoms with Gasteiger partial charge in [-0.2, -0.15) is 0 Å². The number of thiophene rings is 2. The largest absolute Gasteiger partial charge is 0.495 e. The van der Waals surface area contributed by atoms with Crippen LogP contribution in [0.4, 0.5) is 5.69 Å². The minimum atomic E-state index is -3.84. The molecule has 2 heterocycles. The Balaban J connectivity index is 1.54. The van der Waals surface area contributed by atoms with Crippen LogP contribution in [-0.2, 0) is 23.1 Å². The minimum absolute atomic E-state index is 0.0630. The maximum Gasteiger partial charge on any atom is 0.262 e. The molecule has 4 aromatic rings. The number of benzene rings is 2. The lowest BCUT2D eigenvalue weighted by molar-refractivity contribution is 0.0733. The van der Waals surface area contributed by atoms with Crippen LogP contribution >= 0.6 is 22.7 Å². The Morgan fingerprint density at radius 2 is 1.48 bits per heavy atom. The first-order chi connectivity index (χ1) is 16.0. The van der Waals surface area contributed by atoms with Gasteiger partial charge < -0.3 is 9.64 Å². The van der Waals surface area contributed by atoms with Crippen LogP contribution in [0.3, 0.4) is 0 Å². The van der Waals surface area contributed by atoms with Gasteiger partial charge in [0.15, 0.2) is 0 Å². The molecule has 0 bridgehead atoms. The molecule has 1 amide bonds. The highest BCUT2D eigenvalue weighted by Gasteiger charge is 2.20. The first kappa shape index (κ1) is 23.0. The van der Waals surface area contributed by atoms with E-state index in [1.165, 1.54) is 19.2 Å². The summed E-state index contributed by atoms with van der Waals surface area (Å²) in [6.07, 6.45) is 0. The quantitative estimate of drug-likeness (QED) is 0.332. The van der Waals surface area contributed by atoms with Crippen LogP contribution in [0.1, 0.15) is 20.1 Å². The van der Waals surface area contributed by atoms with E-state index in [2.05, 4.69) is 4.72 Å². The first-order valence-electron chi connectivity index (χ1n) is 10.1. The SMILES string of the molecule is COc1ccccc1NS(=O)(=O)c1ccc(C(=O)N(Cc2cccs2)Cc2cccs2)cc1. The number of ether oxygens (including phenoxy) is 1. The summed E-state index contributed by atoms with van der Waals surface area (Å²) in [6, 6.07) is 20.7. The van der Waals surface area contributed by atoms with Crippen molar-refractivity contribution >= 4 is 44.3 Å². The van der Waals surface area contributed by atoms with E-state index < -0.39 is 10.0 Å². The number of nitrogens with one attached hydrogen (secondary N) is 1. The highest BCUT2D eigenvalue weighted by Crippen LogP contribution is 2.26. The van der Waals surface area contributed by atoms with E-state index in [0.717, 1.165) is 9.75 Å². The highest BCUT2D eigenvalue weighted by molar-refractivity contribution is 7.92. The van der Waals surface area contributed by atoms with Crippen molar-refractivity contribution in [3.63, 3.8) is 0 Å². The van der Waals surface area contributed by atoms with Gasteiger partial charge in [0, 0.05) is 15.3 Å². The molecule has 1 N–H and O–H groups in total. The van der Waals surface area contributed by atoms with Crippen molar-refractivity contribution < 1.29 is 17.9 Å². The molecule has 0 radical (unpaired) electrons. The molecule has 0 aliphatic rings. The van der Waals surface area contributed by atoms with Crippen molar-refractivity contribution in [2.75, 3.05) is 11.8 Å². The van der Waals surface area contributed by atoms with Crippen LogP contribution in [0.5, 0.6) is 5.75 Å².